The number of halogens is 4. The fourth-order valence-corrected chi connectivity index (χ4v) is 3.73. The molecule has 0 spiro atoms. The van der Waals surface area contributed by atoms with Crippen molar-refractivity contribution in [1.29, 1.82) is 0 Å². The van der Waals surface area contributed by atoms with Gasteiger partial charge in [-0.2, -0.15) is 18.3 Å². The summed E-state index contributed by atoms with van der Waals surface area (Å²) >= 11 is 0. The Labute approximate surface area is 130 Å². The Morgan fingerprint density at radius 2 is 1.91 bits per heavy atom. The van der Waals surface area contributed by atoms with Crippen molar-refractivity contribution >= 4 is 23.3 Å². The number of nitrogens with one attached hydrogen (secondary N) is 1. The largest absolute Gasteiger partial charge is 0.416 e. The highest BCUT2D eigenvalue weighted by molar-refractivity contribution is 5.85. The first-order valence-electron chi connectivity index (χ1n) is 6.82. The minimum absolute atomic E-state index is 0. The number of hydrogen-bond acceptors (Lipinski definition) is 3. The number of nitrogens with zero attached hydrogens (tertiary/aromatic N) is 1. The molecule has 0 unspecified atom stereocenters. The predicted octanol–water partition coefficient (Wildman–Crippen LogP) is 2.56. The summed E-state index contributed by atoms with van der Waals surface area (Å²) in [7, 11) is 0. The summed E-state index contributed by atoms with van der Waals surface area (Å²) in [4.78, 5) is 0. The zero-order valence-electron chi connectivity index (χ0n) is 11.4. The van der Waals surface area contributed by atoms with E-state index in [4.69, 9.17) is 5.73 Å². The second kappa shape index (κ2) is 4.59. The van der Waals surface area contributed by atoms with Crippen LogP contribution in [0.15, 0.2) is 18.3 Å². The van der Waals surface area contributed by atoms with Crippen LogP contribution in [0.3, 0.4) is 0 Å². The van der Waals surface area contributed by atoms with Crippen molar-refractivity contribution in [2.45, 2.75) is 30.7 Å². The van der Waals surface area contributed by atoms with Crippen molar-refractivity contribution in [2.75, 3.05) is 0 Å². The van der Waals surface area contributed by atoms with E-state index in [0.717, 1.165) is 12.1 Å². The maximum atomic E-state index is 13.0. The highest BCUT2D eigenvalue weighted by Gasteiger charge is 2.60. The molecule has 0 saturated heterocycles. The molecule has 1 aromatic heterocycles. The Kier molecular flexibility index (Phi) is 3.25. The molecule has 4 rings (SSSR count). The van der Waals surface area contributed by atoms with E-state index in [-0.39, 0.29) is 35.8 Å². The van der Waals surface area contributed by atoms with Gasteiger partial charge in [-0.25, -0.2) is 0 Å². The molecule has 0 bridgehead atoms. The Bertz CT molecular complexity index is 718. The van der Waals surface area contributed by atoms with Crippen LogP contribution in [0.2, 0.25) is 0 Å². The van der Waals surface area contributed by atoms with Crippen LogP contribution in [-0.4, -0.2) is 21.3 Å². The summed E-state index contributed by atoms with van der Waals surface area (Å²) in [5, 5.41) is 17.7. The molecule has 4 atom stereocenters. The summed E-state index contributed by atoms with van der Waals surface area (Å²) in [6, 6.07) is 2.15. The van der Waals surface area contributed by atoms with E-state index >= 15 is 0 Å². The summed E-state index contributed by atoms with van der Waals surface area (Å²) in [5.41, 5.74) is 4.44. The Balaban J connectivity index is 0.00000144. The van der Waals surface area contributed by atoms with Gasteiger partial charge in [0, 0.05) is 11.4 Å². The molecular formula is C14H15ClF3N3O. The van der Waals surface area contributed by atoms with Crippen LogP contribution in [0.1, 0.15) is 24.0 Å². The summed E-state index contributed by atoms with van der Waals surface area (Å²) < 4.78 is 39.1. The number of aromatic nitrogens is 2. The van der Waals surface area contributed by atoms with E-state index < -0.39 is 17.3 Å². The number of alkyl halides is 3. The van der Waals surface area contributed by atoms with Gasteiger partial charge in [0.1, 0.15) is 0 Å². The van der Waals surface area contributed by atoms with Gasteiger partial charge >= 0.3 is 6.18 Å². The third-order valence-electron chi connectivity index (χ3n) is 4.93. The standard InChI is InChI=1S/C14H14F3N3O.ClH/c15-14(16,17)6-1-10(9-5-19-20-11(9)2-6)13(21)3-7-8(4-13)12(7)18;/h1-2,5,7-8,12,21H,3-4,18H2,(H,19,20);1H/t7-,8+,12-,13+;. The average molecular weight is 334 g/mol. The van der Waals surface area contributed by atoms with Gasteiger partial charge < -0.3 is 10.8 Å². The molecule has 1 heterocycles. The molecule has 2 aromatic rings. The second-order valence-electron chi connectivity index (χ2n) is 6.20. The van der Waals surface area contributed by atoms with Gasteiger partial charge in [-0.05, 0) is 42.4 Å². The molecule has 120 valence electrons. The maximum absolute atomic E-state index is 13.0. The van der Waals surface area contributed by atoms with Crippen LogP contribution in [-0.2, 0) is 11.8 Å². The molecule has 0 amide bonds. The molecule has 0 aliphatic heterocycles. The van der Waals surface area contributed by atoms with Crippen LogP contribution < -0.4 is 5.73 Å². The molecule has 22 heavy (non-hydrogen) atoms. The first-order chi connectivity index (χ1) is 9.79. The Hall–Kier alpha value is -1.31. The van der Waals surface area contributed by atoms with Gasteiger partial charge in [-0.15, -0.1) is 12.4 Å². The monoisotopic (exact) mass is 333 g/mol. The van der Waals surface area contributed by atoms with Gasteiger partial charge in [0.15, 0.2) is 0 Å². The van der Waals surface area contributed by atoms with Gasteiger partial charge in [-0.3, -0.25) is 5.10 Å². The van der Waals surface area contributed by atoms with Gasteiger partial charge in [0.25, 0.3) is 0 Å². The van der Waals surface area contributed by atoms with E-state index in [1.54, 1.807) is 0 Å². The zero-order chi connectivity index (χ0) is 15.0. The third kappa shape index (κ3) is 2.11. The van der Waals surface area contributed by atoms with Crippen molar-refractivity contribution in [3.05, 3.63) is 29.5 Å². The van der Waals surface area contributed by atoms with E-state index in [9.17, 15) is 18.3 Å². The van der Waals surface area contributed by atoms with Crippen molar-refractivity contribution in [3.8, 4) is 0 Å². The van der Waals surface area contributed by atoms with Gasteiger partial charge in [-0.1, -0.05) is 0 Å². The van der Waals surface area contributed by atoms with Crippen LogP contribution in [0.25, 0.3) is 10.9 Å². The lowest BCUT2D eigenvalue weighted by Crippen LogP contribution is -2.28. The molecule has 4 N–H and O–H groups in total. The number of H-pyrrole nitrogens is 1. The normalized spacial score (nSPS) is 33.6. The van der Waals surface area contributed by atoms with Crippen molar-refractivity contribution in [2.24, 2.45) is 17.6 Å². The number of aliphatic hydroxyl groups is 1. The van der Waals surface area contributed by atoms with Crippen LogP contribution in [0.5, 0.6) is 0 Å². The lowest BCUT2D eigenvalue weighted by atomic mass is 9.85. The topological polar surface area (TPSA) is 74.9 Å². The molecule has 2 aliphatic rings. The van der Waals surface area contributed by atoms with Crippen molar-refractivity contribution < 1.29 is 18.3 Å². The van der Waals surface area contributed by atoms with Crippen LogP contribution in [0, 0.1) is 11.8 Å². The highest BCUT2D eigenvalue weighted by Crippen LogP contribution is 2.59. The first kappa shape index (κ1) is 15.6. The van der Waals surface area contributed by atoms with Crippen LogP contribution >= 0.6 is 12.4 Å². The maximum Gasteiger partial charge on any atom is 0.416 e. The van der Waals surface area contributed by atoms with Crippen molar-refractivity contribution in [3.63, 3.8) is 0 Å². The number of hydrogen-bond donors (Lipinski definition) is 3. The number of nitrogens with two attached hydrogens (primary N) is 1. The Morgan fingerprint density at radius 1 is 1.27 bits per heavy atom. The zero-order valence-corrected chi connectivity index (χ0v) is 12.2. The lowest BCUT2D eigenvalue weighted by molar-refractivity contribution is -0.137. The number of fused-ring (bicyclic) bond motifs is 2. The van der Waals surface area contributed by atoms with Gasteiger partial charge in [0.05, 0.1) is 22.9 Å². The fourth-order valence-electron chi connectivity index (χ4n) is 3.73. The average Bonchev–Trinajstić information content (AvgIpc) is 2.86. The number of benzene rings is 1. The minimum Gasteiger partial charge on any atom is -0.385 e. The quantitative estimate of drug-likeness (QED) is 0.751. The second-order valence-corrected chi connectivity index (χ2v) is 6.20. The highest BCUT2D eigenvalue weighted by atomic mass is 35.5. The predicted molar refractivity (Wildman–Crippen MR) is 76.4 cm³/mol. The first-order valence-corrected chi connectivity index (χ1v) is 6.82. The lowest BCUT2D eigenvalue weighted by Gasteiger charge is -2.27. The van der Waals surface area contributed by atoms with E-state index in [2.05, 4.69) is 10.2 Å². The molecule has 1 aromatic carbocycles. The van der Waals surface area contributed by atoms with Crippen molar-refractivity contribution in [1.82, 2.24) is 10.2 Å². The Morgan fingerprint density at radius 3 is 2.50 bits per heavy atom. The molecule has 8 heteroatoms. The summed E-state index contributed by atoms with van der Waals surface area (Å²) in [6.45, 7) is 0. The third-order valence-corrected chi connectivity index (χ3v) is 4.93. The van der Waals surface area contributed by atoms with E-state index in [0.29, 0.717) is 23.8 Å². The SMILES string of the molecule is Cl.N[C@H]1[C@H]2C[C@](O)(c3cc(C(F)(F)F)cc4[nH]ncc34)C[C@@H]12. The van der Waals surface area contributed by atoms with Crippen LogP contribution in [0.4, 0.5) is 13.2 Å². The summed E-state index contributed by atoms with van der Waals surface area (Å²) in [5.74, 6) is 0.429. The van der Waals surface area contributed by atoms with E-state index in [1.165, 1.54) is 6.20 Å². The minimum atomic E-state index is -4.46. The van der Waals surface area contributed by atoms with E-state index in [1.807, 2.05) is 0 Å². The molecule has 2 saturated carbocycles. The molecular weight excluding hydrogens is 319 g/mol. The smallest absolute Gasteiger partial charge is 0.385 e. The number of aromatic amines is 1. The molecule has 4 nitrogen and oxygen atoms in total. The molecule has 2 fully saturated rings. The molecule has 0 radical (unpaired) electrons. The summed E-state index contributed by atoms with van der Waals surface area (Å²) in [6.07, 6.45) is -2.16. The number of rotatable bonds is 1. The molecule has 2 aliphatic carbocycles. The fraction of sp³-hybridized carbons (Fsp3) is 0.500. The van der Waals surface area contributed by atoms with Gasteiger partial charge in [0.2, 0.25) is 0 Å².